The lowest BCUT2D eigenvalue weighted by molar-refractivity contribution is 0.0565. The van der Waals surface area contributed by atoms with Crippen LogP contribution < -0.4 is 10.2 Å². The van der Waals surface area contributed by atoms with Crippen molar-refractivity contribution in [1.82, 2.24) is 0 Å². The van der Waals surface area contributed by atoms with E-state index in [0.717, 1.165) is 6.07 Å². The summed E-state index contributed by atoms with van der Waals surface area (Å²) in [4.78, 5) is 23.4. The normalized spacial score (nSPS) is 10.4. The molecule has 0 aliphatic carbocycles. The van der Waals surface area contributed by atoms with Crippen molar-refractivity contribution in [2.45, 2.75) is 0 Å². The lowest BCUT2D eigenvalue weighted by Gasteiger charge is -2.06. The van der Waals surface area contributed by atoms with Gasteiger partial charge in [0.05, 0.1) is 17.8 Å². The Labute approximate surface area is 116 Å². The predicted molar refractivity (Wildman–Crippen MR) is 73.1 cm³/mol. The zero-order valence-corrected chi connectivity index (χ0v) is 11.8. The highest BCUT2D eigenvalue weighted by Gasteiger charge is 2.16. The number of esters is 1. The number of fused-ring (bicyclic) bond motifs is 1. The molecule has 1 aromatic heterocycles. The summed E-state index contributed by atoms with van der Waals surface area (Å²) in [5.74, 6) is -0.399. The number of rotatable bonds is 2. The Balaban J connectivity index is 2.85. The molecule has 0 saturated heterocycles. The van der Waals surface area contributed by atoms with Gasteiger partial charge in [-0.3, -0.25) is 4.79 Å². The van der Waals surface area contributed by atoms with E-state index in [0.29, 0.717) is 20.3 Å². The fraction of sp³-hybridized carbons (Fsp3) is 0.167. The molecule has 2 rings (SSSR count). The molecule has 6 heteroatoms. The number of hydrogen-bond acceptors (Lipinski definition) is 5. The van der Waals surface area contributed by atoms with Crippen LogP contribution in [0.4, 0.5) is 0 Å². The van der Waals surface area contributed by atoms with Crippen molar-refractivity contribution in [1.29, 1.82) is 0 Å². The zero-order valence-electron chi connectivity index (χ0n) is 9.65. The summed E-state index contributed by atoms with van der Waals surface area (Å²) in [6.07, 6.45) is 0. The molecule has 0 amide bonds. The van der Waals surface area contributed by atoms with Gasteiger partial charge < -0.3 is 13.9 Å². The molecule has 0 spiro atoms. The SMILES string of the molecule is COC(=O)c1cc(=O)c2c(OC)ccc(I)c2o1. The van der Waals surface area contributed by atoms with Crippen LogP contribution in [-0.2, 0) is 4.74 Å². The second-order valence-electron chi connectivity index (χ2n) is 3.42. The number of carbonyl (C=O) groups is 1. The molecular weight excluding hydrogens is 351 g/mol. The molecule has 0 N–H and O–H groups in total. The average Bonchev–Trinajstić information content (AvgIpc) is 2.38. The van der Waals surface area contributed by atoms with E-state index >= 15 is 0 Å². The highest BCUT2D eigenvalue weighted by Crippen LogP contribution is 2.27. The number of carbonyl (C=O) groups excluding carboxylic acids is 1. The maximum atomic E-state index is 12.0. The quantitative estimate of drug-likeness (QED) is 0.607. The van der Waals surface area contributed by atoms with Gasteiger partial charge in [0.2, 0.25) is 5.76 Å². The maximum absolute atomic E-state index is 12.0. The molecule has 2 aromatic rings. The van der Waals surface area contributed by atoms with Crippen molar-refractivity contribution in [3.63, 3.8) is 0 Å². The predicted octanol–water partition coefficient (Wildman–Crippen LogP) is 2.19. The third-order valence-electron chi connectivity index (χ3n) is 2.40. The standard InChI is InChI=1S/C12H9IO5/c1-16-8-4-3-6(13)11-10(8)7(14)5-9(18-11)12(15)17-2/h3-5H,1-2H3. The van der Waals surface area contributed by atoms with Crippen LogP contribution in [0.15, 0.2) is 27.4 Å². The number of benzene rings is 1. The molecule has 0 atom stereocenters. The summed E-state index contributed by atoms with van der Waals surface area (Å²) in [7, 11) is 2.69. The smallest absolute Gasteiger partial charge is 0.374 e. The van der Waals surface area contributed by atoms with Crippen LogP contribution in [0.1, 0.15) is 10.6 Å². The first-order valence-electron chi connectivity index (χ1n) is 4.97. The molecule has 1 aromatic carbocycles. The summed E-state index contributed by atoms with van der Waals surface area (Å²) in [5.41, 5.74) is -0.0186. The first-order chi connectivity index (χ1) is 8.58. The molecule has 0 saturated carbocycles. The van der Waals surface area contributed by atoms with Crippen molar-refractivity contribution < 1.29 is 18.7 Å². The van der Waals surface area contributed by atoms with E-state index in [1.165, 1.54) is 14.2 Å². The third kappa shape index (κ3) is 2.07. The van der Waals surface area contributed by atoms with Gasteiger partial charge >= 0.3 is 5.97 Å². The van der Waals surface area contributed by atoms with Crippen LogP contribution in [0.2, 0.25) is 0 Å². The number of methoxy groups -OCH3 is 2. The number of halogens is 1. The zero-order chi connectivity index (χ0) is 13.3. The van der Waals surface area contributed by atoms with Gasteiger partial charge in [0.15, 0.2) is 11.0 Å². The second kappa shape index (κ2) is 4.97. The molecule has 18 heavy (non-hydrogen) atoms. The lowest BCUT2D eigenvalue weighted by Crippen LogP contribution is -2.09. The van der Waals surface area contributed by atoms with Crippen LogP contribution in [-0.4, -0.2) is 20.2 Å². The molecule has 0 bridgehead atoms. The molecule has 0 aliphatic rings. The Morgan fingerprint density at radius 2 is 2.06 bits per heavy atom. The molecule has 0 radical (unpaired) electrons. The van der Waals surface area contributed by atoms with Crippen molar-refractivity contribution >= 4 is 39.5 Å². The van der Waals surface area contributed by atoms with E-state index in [9.17, 15) is 9.59 Å². The number of ether oxygens (including phenoxy) is 2. The van der Waals surface area contributed by atoms with Gasteiger partial charge in [0.1, 0.15) is 11.1 Å². The largest absolute Gasteiger partial charge is 0.496 e. The van der Waals surface area contributed by atoms with Crippen LogP contribution in [0, 0.1) is 3.57 Å². The van der Waals surface area contributed by atoms with Gasteiger partial charge in [0.25, 0.3) is 0 Å². The minimum Gasteiger partial charge on any atom is -0.496 e. The van der Waals surface area contributed by atoms with Crippen molar-refractivity contribution in [3.8, 4) is 5.75 Å². The van der Waals surface area contributed by atoms with Gasteiger partial charge in [-0.05, 0) is 34.7 Å². The van der Waals surface area contributed by atoms with Crippen molar-refractivity contribution in [2.24, 2.45) is 0 Å². The summed E-state index contributed by atoms with van der Waals surface area (Å²) in [6, 6.07) is 4.53. The van der Waals surface area contributed by atoms with E-state index in [2.05, 4.69) is 4.74 Å². The van der Waals surface area contributed by atoms with E-state index in [-0.39, 0.29) is 11.2 Å². The molecular formula is C12H9IO5. The summed E-state index contributed by atoms with van der Waals surface area (Å²) in [5, 5.41) is 0.317. The van der Waals surface area contributed by atoms with Gasteiger partial charge in [-0.25, -0.2) is 4.79 Å². The molecule has 0 fully saturated rings. The summed E-state index contributed by atoms with van der Waals surface area (Å²) in [6.45, 7) is 0. The fourth-order valence-corrected chi connectivity index (χ4v) is 2.13. The topological polar surface area (TPSA) is 65.7 Å². The first kappa shape index (κ1) is 12.9. The van der Waals surface area contributed by atoms with E-state index < -0.39 is 5.97 Å². The molecule has 1 heterocycles. The highest BCUT2D eigenvalue weighted by atomic mass is 127. The third-order valence-corrected chi connectivity index (χ3v) is 3.25. The maximum Gasteiger partial charge on any atom is 0.374 e. The Kier molecular flexibility index (Phi) is 3.55. The van der Waals surface area contributed by atoms with Crippen LogP contribution in [0.25, 0.3) is 11.0 Å². The van der Waals surface area contributed by atoms with Crippen molar-refractivity contribution in [2.75, 3.05) is 14.2 Å². The van der Waals surface area contributed by atoms with E-state index in [4.69, 9.17) is 9.15 Å². The summed E-state index contributed by atoms with van der Waals surface area (Å²) < 4.78 is 15.8. The first-order valence-corrected chi connectivity index (χ1v) is 6.05. The van der Waals surface area contributed by atoms with Crippen molar-refractivity contribution in [3.05, 3.63) is 37.8 Å². The molecule has 0 unspecified atom stereocenters. The van der Waals surface area contributed by atoms with Gasteiger partial charge in [0, 0.05) is 6.07 Å². The van der Waals surface area contributed by atoms with E-state index in [1.807, 2.05) is 22.6 Å². The fourth-order valence-electron chi connectivity index (χ4n) is 1.57. The Morgan fingerprint density at radius 3 is 2.67 bits per heavy atom. The summed E-state index contributed by atoms with van der Waals surface area (Å²) >= 11 is 2.02. The molecule has 94 valence electrons. The van der Waals surface area contributed by atoms with Gasteiger partial charge in [-0.15, -0.1) is 0 Å². The average molecular weight is 360 g/mol. The van der Waals surface area contributed by atoms with E-state index in [1.54, 1.807) is 12.1 Å². The second-order valence-corrected chi connectivity index (χ2v) is 4.58. The van der Waals surface area contributed by atoms with Crippen LogP contribution >= 0.6 is 22.6 Å². The minimum atomic E-state index is -0.687. The molecule has 5 nitrogen and oxygen atoms in total. The Bertz CT molecular complexity index is 674. The number of hydrogen-bond donors (Lipinski definition) is 0. The van der Waals surface area contributed by atoms with Crippen LogP contribution in [0.5, 0.6) is 5.75 Å². The molecule has 0 aliphatic heterocycles. The Morgan fingerprint density at radius 1 is 1.33 bits per heavy atom. The minimum absolute atomic E-state index is 0.124. The Hall–Kier alpha value is -1.57. The van der Waals surface area contributed by atoms with Gasteiger partial charge in [-0.1, -0.05) is 0 Å². The highest BCUT2D eigenvalue weighted by molar-refractivity contribution is 14.1. The van der Waals surface area contributed by atoms with Crippen LogP contribution in [0.3, 0.4) is 0 Å². The van der Waals surface area contributed by atoms with Gasteiger partial charge in [-0.2, -0.15) is 0 Å². The lowest BCUT2D eigenvalue weighted by atomic mass is 10.2. The monoisotopic (exact) mass is 360 g/mol.